The van der Waals surface area contributed by atoms with E-state index in [4.69, 9.17) is 5.73 Å². The second-order valence-corrected chi connectivity index (χ2v) is 9.30. The molecule has 2 aromatic carbocycles. The van der Waals surface area contributed by atoms with E-state index in [-0.39, 0.29) is 23.8 Å². The summed E-state index contributed by atoms with van der Waals surface area (Å²) in [6.07, 6.45) is 1.25. The van der Waals surface area contributed by atoms with Crippen LogP contribution >= 0.6 is 0 Å². The summed E-state index contributed by atoms with van der Waals surface area (Å²) in [6, 6.07) is 17.5. The molecule has 2 aromatic rings. The van der Waals surface area contributed by atoms with Crippen LogP contribution in [-0.4, -0.2) is 33.4 Å². The first-order chi connectivity index (χ1) is 14.1. The average Bonchev–Trinajstić information content (AvgIpc) is 2.79. The molecule has 1 heterocycles. The first-order valence-electron chi connectivity index (χ1n) is 10.6. The molecule has 0 saturated carbocycles. The Morgan fingerprint density at radius 1 is 1.03 bits per heavy atom. The molecular formula is C25H33N3O2. The molecule has 0 aromatic heterocycles. The van der Waals surface area contributed by atoms with Crippen molar-refractivity contribution >= 4 is 11.8 Å². The zero-order valence-corrected chi connectivity index (χ0v) is 18.6. The van der Waals surface area contributed by atoms with Crippen molar-refractivity contribution in [1.29, 1.82) is 0 Å². The molecule has 1 aliphatic rings. The second kappa shape index (κ2) is 8.60. The number of hydrogen-bond acceptors (Lipinski definition) is 3. The summed E-state index contributed by atoms with van der Waals surface area (Å²) >= 11 is 0. The summed E-state index contributed by atoms with van der Waals surface area (Å²) in [7, 11) is 0. The van der Waals surface area contributed by atoms with E-state index < -0.39 is 11.6 Å². The van der Waals surface area contributed by atoms with Crippen molar-refractivity contribution in [2.24, 2.45) is 5.73 Å². The first kappa shape index (κ1) is 22.0. The fraction of sp³-hybridized carbons (Fsp3) is 0.440. The van der Waals surface area contributed by atoms with Crippen molar-refractivity contribution in [2.45, 2.75) is 71.0 Å². The topological polar surface area (TPSA) is 66.6 Å². The van der Waals surface area contributed by atoms with Gasteiger partial charge in [-0.05, 0) is 57.6 Å². The third-order valence-electron chi connectivity index (χ3n) is 5.73. The van der Waals surface area contributed by atoms with Crippen molar-refractivity contribution in [3.63, 3.8) is 0 Å². The summed E-state index contributed by atoms with van der Waals surface area (Å²) in [5, 5.41) is 3.24. The van der Waals surface area contributed by atoms with Gasteiger partial charge in [-0.2, -0.15) is 0 Å². The van der Waals surface area contributed by atoms with Crippen LogP contribution in [0.2, 0.25) is 0 Å². The molecule has 30 heavy (non-hydrogen) atoms. The van der Waals surface area contributed by atoms with Gasteiger partial charge in [0.2, 0.25) is 5.91 Å². The van der Waals surface area contributed by atoms with Crippen molar-refractivity contribution < 1.29 is 9.59 Å². The predicted molar refractivity (Wildman–Crippen MR) is 119 cm³/mol. The van der Waals surface area contributed by atoms with Crippen LogP contribution in [0, 0.1) is 6.92 Å². The van der Waals surface area contributed by atoms with E-state index in [0.717, 1.165) is 11.1 Å². The molecule has 0 spiro atoms. The van der Waals surface area contributed by atoms with Gasteiger partial charge in [0.25, 0.3) is 5.91 Å². The minimum absolute atomic E-state index is 0.120. The molecule has 0 radical (unpaired) electrons. The molecule has 5 nitrogen and oxygen atoms in total. The maximum atomic E-state index is 13.6. The zero-order chi connectivity index (χ0) is 22.1. The van der Waals surface area contributed by atoms with E-state index >= 15 is 0 Å². The Balaban J connectivity index is 2.16. The van der Waals surface area contributed by atoms with Crippen LogP contribution in [-0.2, 0) is 9.59 Å². The molecule has 1 fully saturated rings. The van der Waals surface area contributed by atoms with Crippen molar-refractivity contribution in [3.05, 3.63) is 71.3 Å². The lowest BCUT2D eigenvalue weighted by atomic mass is 9.86. The highest BCUT2D eigenvalue weighted by atomic mass is 16.2. The first-order valence-corrected chi connectivity index (χ1v) is 10.6. The fourth-order valence-corrected chi connectivity index (χ4v) is 4.53. The summed E-state index contributed by atoms with van der Waals surface area (Å²) in [4.78, 5) is 26.3. The third-order valence-corrected chi connectivity index (χ3v) is 5.73. The molecule has 3 rings (SSSR count). The largest absolute Gasteiger partial charge is 0.320 e. The normalized spacial score (nSPS) is 22.5. The van der Waals surface area contributed by atoms with E-state index in [1.807, 2.05) is 64.1 Å². The lowest BCUT2D eigenvalue weighted by Gasteiger charge is -2.46. The Morgan fingerprint density at radius 3 is 2.23 bits per heavy atom. The van der Waals surface area contributed by atoms with E-state index in [2.05, 4.69) is 18.2 Å². The van der Waals surface area contributed by atoms with Gasteiger partial charge < -0.3 is 5.73 Å². The summed E-state index contributed by atoms with van der Waals surface area (Å²) in [5.74, 6) is -0.252. The molecule has 0 bridgehead atoms. The molecular weight excluding hydrogens is 374 g/mol. The minimum Gasteiger partial charge on any atom is -0.320 e. The standard InChI is InChI=1S/C25H33N3O2/c1-17-10-9-13-20(14-17)23-16-21(19-11-7-6-8-12-19)15-22(26)24(30)27(23)28(18(2)29)25(3,4)5/h6-14,21-23H,15-16,26H2,1-5H3. The second-order valence-electron chi connectivity index (χ2n) is 9.30. The van der Waals surface area contributed by atoms with Gasteiger partial charge >= 0.3 is 0 Å². The number of carbonyl (C=O) groups excluding carboxylic acids is 2. The van der Waals surface area contributed by atoms with Crippen LogP contribution in [0.3, 0.4) is 0 Å². The SMILES string of the molecule is CC(=O)N(N1C(=O)C(N)CC(c2ccccc2)CC1c1cccc(C)c1)C(C)(C)C. The minimum atomic E-state index is -0.672. The highest BCUT2D eigenvalue weighted by Gasteiger charge is 2.43. The molecule has 2 amide bonds. The molecule has 5 heteroatoms. The Bertz CT molecular complexity index is 904. The Hall–Kier alpha value is -2.66. The Labute approximate surface area is 179 Å². The van der Waals surface area contributed by atoms with E-state index in [1.54, 1.807) is 10.0 Å². The lowest BCUT2D eigenvalue weighted by molar-refractivity contribution is -0.181. The van der Waals surface area contributed by atoms with Gasteiger partial charge in [-0.3, -0.25) is 9.59 Å². The van der Waals surface area contributed by atoms with Crippen molar-refractivity contribution in [3.8, 4) is 0 Å². The van der Waals surface area contributed by atoms with Crippen LogP contribution in [0.5, 0.6) is 0 Å². The van der Waals surface area contributed by atoms with Crippen LogP contribution < -0.4 is 5.73 Å². The molecule has 1 aliphatic heterocycles. The zero-order valence-electron chi connectivity index (χ0n) is 18.6. The number of amides is 2. The highest BCUT2D eigenvalue weighted by molar-refractivity contribution is 5.86. The Morgan fingerprint density at radius 2 is 1.67 bits per heavy atom. The van der Waals surface area contributed by atoms with Gasteiger partial charge in [0.15, 0.2) is 0 Å². The van der Waals surface area contributed by atoms with Crippen LogP contribution in [0.25, 0.3) is 0 Å². The van der Waals surface area contributed by atoms with Crippen molar-refractivity contribution in [1.82, 2.24) is 10.0 Å². The maximum absolute atomic E-state index is 13.6. The number of nitrogens with zero attached hydrogens (tertiary/aromatic N) is 2. The number of benzene rings is 2. The molecule has 3 atom stereocenters. The molecule has 3 unspecified atom stereocenters. The number of carbonyl (C=O) groups is 2. The van der Waals surface area contributed by atoms with E-state index in [0.29, 0.717) is 12.8 Å². The highest BCUT2D eigenvalue weighted by Crippen LogP contribution is 2.41. The Kier molecular flexibility index (Phi) is 6.32. The van der Waals surface area contributed by atoms with Gasteiger partial charge in [0.1, 0.15) is 0 Å². The molecule has 1 saturated heterocycles. The fourth-order valence-electron chi connectivity index (χ4n) is 4.53. The quantitative estimate of drug-likeness (QED) is 0.823. The number of rotatable bonds is 3. The summed E-state index contributed by atoms with van der Waals surface area (Å²) in [5.41, 5.74) is 9.17. The molecule has 2 N–H and O–H groups in total. The average molecular weight is 408 g/mol. The molecule has 0 aliphatic carbocycles. The van der Waals surface area contributed by atoms with Gasteiger partial charge in [0.05, 0.1) is 17.6 Å². The van der Waals surface area contributed by atoms with Crippen molar-refractivity contribution in [2.75, 3.05) is 0 Å². The smallest absolute Gasteiger partial charge is 0.258 e. The monoisotopic (exact) mass is 407 g/mol. The number of aryl methyl sites for hydroxylation is 1. The molecule has 160 valence electrons. The van der Waals surface area contributed by atoms with E-state index in [9.17, 15) is 9.59 Å². The van der Waals surface area contributed by atoms with Gasteiger partial charge in [-0.1, -0.05) is 60.2 Å². The van der Waals surface area contributed by atoms with Gasteiger partial charge in [-0.15, -0.1) is 0 Å². The lowest BCUT2D eigenvalue weighted by Crippen LogP contribution is -2.60. The maximum Gasteiger partial charge on any atom is 0.258 e. The van der Waals surface area contributed by atoms with Crippen LogP contribution in [0.4, 0.5) is 0 Å². The van der Waals surface area contributed by atoms with Crippen LogP contribution in [0.1, 0.15) is 69.2 Å². The van der Waals surface area contributed by atoms with Crippen LogP contribution in [0.15, 0.2) is 54.6 Å². The number of hydrogen-bond donors (Lipinski definition) is 1. The summed E-state index contributed by atoms with van der Waals surface area (Å²) in [6.45, 7) is 9.39. The number of nitrogens with two attached hydrogens (primary N) is 1. The van der Waals surface area contributed by atoms with E-state index in [1.165, 1.54) is 12.5 Å². The number of hydrazine groups is 1. The third kappa shape index (κ3) is 4.57. The predicted octanol–water partition coefficient (Wildman–Crippen LogP) is 4.33. The van der Waals surface area contributed by atoms with Gasteiger partial charge in [-0.25, -0.2) is 10.0 Å². The van der Waals surface area contributed by atoms with Gasteiger partial charge in [0, 0.05) is 6.92 Å². The summed E-state index contributed by atoms with van der Waals surface area (Å²) < 4.78 is 0.